The Morgan fingerprint density at radius 2 is 1.97 bits per heavy atom. The highest BCUT2D eigenvalue weighted by Crippen LogP contribution is 2.63. The first-order valence-corrected chi connectivity index (χ1v) is 11.0. The van der Waals surface area contributed by atoms with Gasteiger partial charge in [0.2, 0.25) is 0 Å². The van der Waals surface area contributed by atoms with Gasteiger partial charge in [0.25, 0.3) is 0 Å². The lowest BCUT2D eigenvalue weighted by molar-refractivity contribution is 0.161. The molecule has 154 valence electrons. The van der Waals surface area contributed by atoms with E-state index in [-0.39, 0.29) is 6.03 Å². The summed E-state index contributed by atoms with van der Waals surface area (Å²) in [6.45, 7) is 5.02. The van der Waals surface area contributed by atoms with E-state index >= 15 is 0 Å². The highest BCUT2D eigenvalue weighted by atomic mass is 16.2. The zero-order chi connectivity index (χ0) is 20.4. The normalized spacial score (nSPS) is 25.1. The largest absolute Gasteiger partial charge is 0.388 e. The Morgan fingerprint density at radius 1 is 1.17 bits per heavy atom. The van der Waals surface area contributed by atoms with Crippen molar-refractivity contribution in [2.45, 2.75) is 57.4 Å². The molecular formula is C25H33N3O. The number of carbonyl (C=O) groups is 1. The molecule has 3 atom stereocenters. The molecule has 2 aromatic rings. The number of urea groups is 1. The lowest BCUT2D eigenvalue weighted by atomic mass is 9.80. The van der Waals surface area contributed by atoms with Gasteiger partial charge >= 0.3 is 6.03 Å². The number of benzene rings is 2. The van der Waals surface area contributed by atoms with Gasteiger partial charge in [-0.05, 0) is 85.8 Å². The van der Waals surface area contributed by atoms with Crippen LogP contribution in [0.5, 0.6) is 0 Å². The minimum Gasteiger partial charge on any atom is -0.388 e. The van der Waals surface area contributed by atoms with Gasteiger partial charge in [0.1, 0.15) is 0 Å². The van der Waals surface area contributed by atoms with Crippen molar-refractivity contribution >= 4 is 17.4 Å². The van der Waals surface area contributed by atoms with Crippen molar-refractivity contribution in [1.82, 2.24) is 4.90 Å². The summed E-state index contributed by atoms with van der Waals surface area (Å²) in [5.74, 6) is 0.694. The molecule has 2 fully saturated rings. The second-order valence-corrected chi connectivity index (χ2v) is 8.81. The maximum Gasteiger partial charge on any atom is 0.322 e. The molecule has 2 N–H and O–H groups in total. The molecule has 0 heterocycles. The predicted molar refractivity (Wildman–Crippen MR) is 121 cm³/mol. The molecule has 0 saturated heterocycles. The van der Waals surface area contributed by atoms with E-state index in [0.717, 1.165) is 37.1 Å². The third-order valence-electron chi connectivity index (χ3n) is 6.87. The van der Waals surface area contributed by atoms with Crippen LogP contribution in [0.3, 0.4) is 0 Å². The minimum absolute atomic E-state index is 0.0489. The van der Waals surface area contributed by atoms with Crippen molar-refractivity contribution in [3.63, 3.8) is 0 Å². The van der Waals surface area contributed by atoms with E-state index in [1.54, 1.807) is 0 Å². The molecule has 2 aromatic carbocycles. The first-order valence-electron chi connectivity index (χ1n) is 11.0. The first kappa shape index (κ1) is 19.8. The molecular weight excluding hydrogens is 358 g/mol. The Labute approximate surface area is 174 Å². The van der Waals surface area contributed by atoms with Crippen molar-refractivity contribution < 1.29 is 4.79 Å². The van der Waals surface area contributed by atoms with Crippen molar-refractivity contribution in [3.8, 4) is 0 Å². The number of anilines is 2. The van der Waals surface area contributed by atoms with E-state index < -0.39 is 0 Å². The van der Waals surface area contributed by atoms with Crippen LogP contribution in [-0.2, 0) is 5.41 Å². The summed E-state index contributed by atoms with van der Waals surface area (Å²) in [4.78, 5) is 15.2. The number of aryl methyl sites for hydroxylation is 1. The van der Waals surface area contributed by atoms with Gasteiger partial charge in [0, 0.05) is 31.0 Å². The maximum atomic E-state index is 13.1. The van der Waals surface area contributed by atoms with Gasteiger partial charge in [-0.1, -0.05) is 31.2 Å². The van der Waals surface area contributed by atoms with Crippen LogP contribution in [0.4, 0.5) is 16.2 Å². The number of amides is 2. The lowest BCUT2D eigenvalue weighted by Crippen LogP contribution is -2.45. The van der Waals surface area contributed by atoms with Crippen LogP contribution >= 0.6 is 0 Å². The Kier molecular flexibility index (Phi) is 5.53. The molecule has 0 aromatic heterocycles. The smallest absolute Gasteiger partial charge is 0.322 e. The zero-order valence-corrected chi connectivity index (χ0v) is 17.9. The molecule has 2 amide bonds. The third kappa shape index (κ3) is 3.98. The van der Waals surface area contributed by atoms with E-state index in [1.807, 2.05) is 25.2 Å². The summed E-state index contributed by atoms with van der Waals surface area (Å²) in [5.41, 5.74) is 5.05. The van der Waals surface area contributed by atoms with Gasteiger partial charge in [-0.25, -0.2) is 4.79 Å². The number of rotatable bonds is 6. The Balaban J connectivity index is 1.44. The van der Waals surface area contributed by atoms with Crippen molar-refractivity contribution in [3.05, 3.63) is 59.7 Å². The number of nitrogens with zero attached hydrogens (tertiary/aromatic N) is 1. The molecule has 0 aliphatic heterocycles. The molecule has 0 bridgehead atoms. The van der Waals surface area contributed by atoms with Crippen LogP contribution in [-0.4, -0.2) is 30.6 Å². The summed E-state index contributed by atoms with van der Waals surface area (Å²) in [5, 5.41) is 6.40. The van der Waals surface area contributed by atoms with Crippen molar-refractivity contribution in [1.29, 1.82) is 0 Å². The van der Waals surface area contributed by atoms with Crippen LogP contribution in [0, 0.1) is 12.8 Å². The van der Waals surface area contributed by atoms with Crippen LogP contribution < -0.4 is 10.6 Å². The third-order valence-corrected chi connectivity index (χ3v) is 6.87. The fraction of sp³-hybridized carbons (Fsp3) is 0.480. The fourth-order valence-corrected chi connectivity index (χ4v) is 5.24. The number of fused-ring (bicyclic) bond motifs is 1. The molecule has 2 aliphatic rings. The second-order valence-electron chi connectivity index (χ2n) is 8.81. The predicted octanol–water partition coefficient (Wildman–Crippen LogP) is 5.79. The minimum atomic E-state index is 0.0489. The maximum absolute atomic E-state index is 13.1. The Hall–Kier alpha value is -2.49. The van der Waals surface area contributed by atoms with E-state index in [0.29, 0.717) is 17.4 Å². The summed E-state index contributed by atoms with van der Waals surface area (Å²) in [6, 6.07) is 17.3. The number of hydrogen-bond donors (Lipinski definition) is 2. The SMILES string of the molecule is CCCN(C(=O)Nc1cccc(C)c1)C1CCC2(c3cccc(NC)c3)CC2C1. The number of nitrogens with one attached hydrogen (secondary N) is 2. The number of carbonyl (C=O) groups excluding carboxylic acids is 1. The van der Waals surface area contributed by atoms with Crippen LogP contribution in [0.15, 0.2) is 48.5 Å². The van der Waals surface area contributed by atoms with E-state index in [2.05, 4.69) is 59.7 Å². The molecule has 29 heavy (non-hydrogen) atoms. The first-order chi connectivity index (χ1) is 14.1. The van der Waals surface area contributed by atoms with Gasteiger partial charge in [0.15, 0.2) is 0 Å². The molecule has 4 heteroatoms. The van der Waals surface area contributed by atoms with E-state index in [9.17, 15) is 4.79 Å². The quantitative estimate of drug-likeness (QED) is 0.654. The molecule has 0 spiro atoms. The summed E-state index contributed by atoms with van der Waals surface area (Å²) < 4.78 is 0. The van der Waals surface area contributed by atoms with Crippen molar-refractivity contribution in [2.75, 3.05) is 24.2 Å². The summed E-state index contributed by atoms with van der Waals surface area (Å²) in [7, 11) is 1.98. The highest BCUT2D eigenvalue weighted by Gasteiger charge is 2.58. The average Bonchev–Trinajstić information content (AvgIpc) is 3.47. The zero-order valence-electron chi connectivity index (χ0n) is 17.9. The average molecular weight is 392 g/mol. The van der Waals surface area contributed by atoms with Gasteiger partial charge in [-0.2, -0.15) is 0 Å². The van der Waals surface area contributed by atoms with Crippen LogP contribution in [0.25, 0.3) is 0 Å². The fourth-order valence-electron chi connectivity index (χ4n) is 5.24. The van der Waals surface area contributed by atoms with Gasteiger partial charge in [-0.3, -0.25) is 0 Å². The highest BCUT2D eigenvalue weighted by molar-refractivity contribution is 5.89. The van der Waals surface area contributed by atoms with E-state index in [1.165, 1.54) is 24.1 Å². The van der Waals surface area contributed by atoms with Crippen LogP contribution in [0.1, 0.15) is 50.2 Å². The van der Waals surface area contributed by atoms with Gasteiger partial charge in [0.05, 0.1) is 0 Å². The standard InChI is InChI=1S/C25H33N3O/c1-4-13-28(24(29)27-22-10-5-7-18(2)14-22)23-11-12-25(17-20(25)16-23)19-8-6-9-21(15-19)26-3/h5-10,14-15,20,23,26H,4,11-13,16-17H2,1-3H3,(H,27,29). The second kappa shape index (κ2) is 8.10. The molecule has 2 aliphatic carbocycles. The van der Waals surface area contributed by atoms with Gasteiger partial charge in [-0.15, -0.1) is 0 Å². The molecule has 3 unspecified atom stereocenters. The molecule has 0 radical (unpaired) electrons. The molecule has 2 saturated carbocycles. The topological polar surface area (TPSA) is 44.4 Å². The summed E-state index contributed by atoms with van der Waals surface area (Å²) in [6.07, 6.45) is 5.62. The monoisotopic (exact) mass is 391 g/mol. The van der Waals surface area contributed by atoms with Crippen molar-refractivity contribution in [2.24, 2.45) is 5.92 Å². The number of hydrogen-bond acceptors (Lipinski definition) is 2. The molecule has 4 rings (SSSR count). The van der Waals surface area contributed by atoms with E-state index in [4.69, 9.17) is 0 Å². The molecule has 4 nitrogen and oxygen atoms in total. The summed E-state index contributed by atoms with van der Waals surface area (Å²) >= 11 is 0. The Bertz CT molecular complexity index is 880. The van der Waals surface area contributed by atoms with Gasteiger partial charge < -0.3 is 15.5 Å². The lowest BCUT2D eigenvalue weighted by Gasteiger charge is -2.37. The Morgan fingerprint density at radius 3 is 2.69 bits per heavy atom. The van der Waals surface area contributed by atoms with Crippen LogP contribution in [0.2, 0.25) is 0 Å².